The van der Waals surface area contributed by atoms with Crippen LogP contribution in [0.15, 0.2) is 40.4 Å². The Morgan fingerprint density at radius 2 is 2.25 bits per heavy atom. The van der Waals surface area contributed by atoms with Gasteiger partial charge in [0.25, 0.3) is 5.56 Å². The molecular formula is C14H12FN3OS. The summed E-state index contributed by atoms with van der Waals surface area (Å²) in [6.07, 6.45) is 1.45. The van der Waals surface area contributed by atoms with Crippen molar-refractivity contribution in [3.63, 3.8) is 0 Å². The minimum Gasteiger partial charge on any atom is -0.320 e. The minimum atomic E-state index is -0.369. The van der Waals surface area contributed by atoms with Crippen LogP contribution in [0.3, 0.4) is 0 Å². The lowest BCUT2D eigenvalue weighted by Crippen LogP contribution is -2.05. The molecular weight excluding hydrogens is 277 g/mol. The fourth-order valence-corrected chi connectivity index (χ4v) is 2.27. The van der Waals surface area contributed by atoms with Gasteiger partial charge in [0.05, 0.1) is 12.1 Å². The summed E-state index contributed by atoms with van der Waals surface area (Å²) in [4.78, 5) is 17.8. The van der Waals surface area contributed by atoms with E-state index < -0.39 is 0 Å². The molecule has 0 saturated carbocycles. The molecule has 0 aliphatic carbocycles. The fourth-order valence-electron chi connectivity index (χ4n) is 1.48. The van der Waals surface area contributed by atoms with Crippen molar-refractivity contribution in [3.8, 4) is 11.8 Å². The Labute approximate surface area is 119 Å². The summed E-state index contributed by atoms with van der Waals surface area (Å²) in [5.74, 6) is 5.50. The molecule has 0 bridgehead atoms. The van der Waals surface area contributed by atoms with Crippen molar-refractivity contribution in [3.05, 3.63) is 57.8 Å². The van der Waals surface area contributed by atoms with E-state index in [0.29, 0.717) is 16.5 Å². The van der Waals surface area contributed by atoms with Crippen LogP contribution in [0.4, 0.5) is 4.39 Å². The van der Waals surface area contributed by atoms with Gasteiger partial charge in [-0.3, -0.25) is 4.79 Å². The monoisotopic (exact) mass is 289 g/mol. The number of H-pyrrole nitrogens is 1. The Kier molecular flexibility index (Phi) is 4.93. The van der Waals surface area contributed by atoms with Crippen LogP contribution in [-0.4, -0.2) is 16.5 Å². The number of halogens is 1. The first-order chi connectivity index (χ1) is 9.69. The van der Waals surface area contributed by atoms with Gasteiger partial charge >= 0.3 is 0 Å². The normalized spacial score (nSPS) is 9.90. The lowest BCUT2D eigenvalue weighted by molar-refractivity contribution is 0.624. The number of hydrogen-bond donors (Lipinski definition) is 2. The summed E-state index contributed by atoms with van der Waals surface area (Å²) in [5, 5.41) is 0.524. The number of nitrogens with two attached hydrogens (primary N) is 1. The average molecular weight is 289 g/mol. The number of aromatic nitrogens is 2. The van der Waals surface area contributed by atoms with Gasteiger partial charge in [0.1, 0.15) is 5.82 Å². The Hall–Kier alpha value is -2.10. The zero-order chi connectivity index (χ0) is 14.4. The molecule has 0 fully saturated rings. The number of nitrogens with zero attached hydrogens (tertiary/aromatic N) is 1. The van der Waals surface area contributed by atoms with Crippen molar-refractivity contribution >= 4 is 11.8 Å². The summed E-state index contributed by atoms with van der Waals surface area (Å²) in [6.45, 7) is 0.188. The quantitative estimate of drug-likeness (QED) is 0.510. The summed E-state index contributed by atoms with van der Waals surface area (Å²) in [6, 6.07) is 6.07. The first-order valence-corrected chi connectivity index (χ1v) is 6.83. The molecule has 0 aliphatic heterocycles. The van der Waals surface area contributed by atoms with Gasteiger partial charge in [-0.1, -0.05) is 29.7 Å². The van der Waals surface area contributed by atoms with Gasteiger partial charge in [-0.05, 0) is 17.7 Å². The lowest BCUT2D eigenvalue weighted by atomic mass is 10.1. The van der Waals surface area contributed by atoms with Crippen molar-refractivity contribution in [1.82, 2.24) is 9.97 Å². The molecule has 0 spiro atoms. The van der Waals surface area contributed by atoms with E-state index in [1.54, 1.807) is 12.1 Å². The van der Waals surface area contributed by atoms with E-state index in [-0.39, 0.29) is 17.9 Å². The van der Waals surface area contributed by atoms with Crippen LogP contribution in [0.25, 0.3) is 0 Å². The van der Waals surface area contributed by atoms with Gasteiger partial charge in [-0.2, -0.15) is 0 Å². The predicted octanol–water partition coefficient (Wildman–Crippen LogP) is 1.51. The van der Waals surface area contributed by atoms with E-state index in [0.717, 1.165) is 5.56 Å². The number of thioether (sulfide) groups is 1. The number of rotatable bonds is 3. The van der Waals surface area contributed by atoms with E-state index in [1.807, 2.05) is 0 Å². The second-order valence-electron chi connectivity index (χ2n) is 3.85. The Bertz CT molecular complexity index is 718. The van der Waals surface area contributed by atoms with Crippen LogP contribution in [0.1, 0.15) is 11.1 Å². The molecule has 20 heavy (non-hydrogen) atoms. The molecule has 0 saturated heterocycles. The zero-order valence-electron chi connectivity index (χ0n) is 10.5. The first kappa shape index (κ1) is 14.3. The van der Waals surface area contributed by atoms with Crippen LogP contribution >= 0.6 is 11.8 Å². The first-order valence-electron chi connectivity index (χ1n) is 5.84. The molecule has 0 atom stereocenters. The maximum absolute atomic E-state index is 13.5. The highest BCUT2D eigenvalue weighted by molar-refractivity contribution is 7.98. The van der Waals surface area contributed by atoms with Crippen molar-refractivity contribution in [2.24, 2.45) is 5.73 Å². The second-order valence-corrected chi connectivity index (χ2v) is 4.81. The van der Waals surface area contributed by atoms with E-state index >= 15 is 0 Å². The Balaban J connectivity index is 2.12. The molecule has 0 amide bonds. The van der Waals surface area contributed by atoms with Crippen molar-refractivity contribution < 1.29 is 4.39 Å². The van der Waals surface area contributed by atoms with Crippen molar-refractivity contribution in [1.29, 1.82) is 0 Å². The fraction of sp³-hybridized carbons (Fsp3) is 0.143. The smallest absolute Gasteiger partial charge is 0.251 e. The van der Waals surface area contributed by atoms with Crippen molar-refractivity contribution in [2.75, 3.05) is 6.54 Å². The van der Waals surface area contributed by atoms with E-state index in [1.165, 1.54) is 30.1 Å². The van der Waals surface area contributed by atoms with Gasteiger partial charge in [-0.15, -0.1) is 0 Å². The van der Waals surface area contributed by atoms with Gasteiger partial charge in [0, 0.05) is 18.0 Å². The molecule has 102 valence electrons. The van der Waals surface area contributed by atoms with Gasteiger partial charge in [0.2, 0.25) is 0 Å². The highest BCUT2D eigenvalue weighted by Crippen LogP contribution is 2.19. The number of nitrogens with one attached hydrogen (secondary N) is 1. The molecule has 0 unspecified atom stereocenters. The SMILES string of the molecule is NCC#Cc1cc(CSc2nccc(=O)[nH]2)ccc1F. The maximum Gasteiger partial charge on any atom is 0.251 e. The van der Waals surface area contributed by atoms with Gasteiger partial charge < -0.3 is 10.7 Å². The van der Waals surface area contributed by atoms with E-state index in [9.17, 15) is 9.18 Å². The van der Waals surface area contributed by atoms with Crippen LogP contribution < -0.4 is 11.3 Å². The molecule has 3 N–H and O–H groups in total. The van der Waals surface area contributed by atoms with Crippen LogP contribution in [0.5, 0.6) is 0 Å². The largest absolute Gasteiger partial charge is 0.320 e. The van der Waals surface area contributed by atoms with Crippen LogP contribution in [-0.2, 0) is 5.75 Å². The second kappa shape index (κ2) is 6.89. The number of benzene rings is 1. The highest BCUT2D eigenvalue weighted by atomic mass is 32.2. The van der Waals surface area contributed by atoms with Gasteiger partial charge in [0.15, 0.2) is 5.16 Å². The third kappa shape index (κ3) is 3.95. The number of hydrogen-bond acceptors (Lipinski definition) is 4. The lowest BCUT2D eigenvalue weighted by Gasteiger charge is -2.02. The average Bonchev–Trinajstić information content (AvgIpc) is 2.45. The standard InChI is InChI=1S/C14H12FN3OS/c15-12-4-3-10(8-11(12)2-1-6-16)9-20-14-17-7-5-13(19)18-14/h3-5,7-8H,6,9,16H2,(H,17,18,19). The number of aromatic amines is 1. The highest BCUT2D eigenvalue weighted by Gasteiger charge is 2.03. The molecule has 0 aliphatic rings. The molecule has 2 rings (SSSR count). The topological polar surface area (TPSA) is 71.8 Å². The third-order valence-corrected chi connectivity index (χ3v) is 3.34. The Morgan fingerprint density at radius 3 is 3.00 bits per heavy atom. The molecule has 1 heterocycles. The summed E-state index contributed by atoms with van der Waals surface area (Å²) in [7, 11) is 0. The molecule has 1 aromatic heterocycles. The Morgan fingerprint density at radius 1 is 1.40 bits per heavy atom. The molecule has 2 aromatic rings. The summed E-state index contributed by atoms with van der Waals surface area (Å²) < 4.78 is 13.5. The molecule has 1 aromatic carbocycles. The van der Waals surface area contributed by atoms with E-state index in [2.05, 4.69) is 21.8 Å². The summed E-state index contributed by atoms with van der Waals surface area (Å²) in [5.41, 5.74) is 6.29. The van der Waals surface area contributed by atoms with Crippen LogP contribution in [0.2, 0.25) is 0 Å². The summed E-state index contributed by atoms with van der Waals surface area (Å²) >= 11 is 1.36. The minimum absolute atomic E-state index is 0.188. The van der Waals surface area contributed by atoms with Crippen molar-refractivity contribution in [2.45, 2.75) is 10.9 Å². The molecule has 6 heteroatoms. The van der Waals surface area contributed by atoms with Crippen LogP contribution in [0, 0.1) is 17.7 Å². The molecule has 4 nitrogen and oxygen atoms in total. The third-order valence-electron chi connectivity index (χ3n) is 2.38. The predicted molar refractivity (Wildman–Crippen MR) is 76.8 cm³/mol. The zero-order valence-corrected chi connectivity index (χ0v) is 11.3. The maximum atomic E-state index is 13.5. The van der Waals surface area contributed by atoms with Gasteiger partial charge in [-0.25, -0.2) is 9.37 Å². The van der Waals surface area contributed by atoms with E-state index in [4.69, 9.17) is 5.73 Å². The molecule has 0 radical (unpaired) electrons.